The Morgan fingerprint density at radius 2 is 2.06 bits per heavy atom. The number of hydrogen-bond acceptors (Lipinski definition) is 5. The van der Waals surface area contributed by atoms with Crippen LogP contribution >= 0.6 is 0 Å². The Bertz CT molecular complexity index is 589. The Labute approximate surface area is 105 Å². The summed E-state index contributed by atoms with van der Waals surface area (Å²) < 4.78 is 24.4. The van der Waals surface area contributed by atoms with Crippen molar-refractivity contribution in [2.75, 3.05) is 0 Å². The molecule has 0 saturated carbocycles. The largest absolute Gasteiger partial charge is 0.287 e. The average Bonchev–Trinajstić information content (AvgIpc) is 2.35. The average molecular weight is 268 g/mol. The van der Waals surface area contributed by atoms with Crippen LogP contribution in [0, 0.1) is 21.4 Å². The van der Waals surface area contributed by atoms with E-state index in [9.17, 15) is 18.5 Å². The number of sulfone groups is 1. The van der Waals surface area contributed by atoms with Gasteiger partial charge < -0.3 is 0 Å². The summed E-state index contributed by atoms with van der Waals surface area (Å²) in [5.74, 6) is 0. The Hall–Kier alpha value is -1.94. The molecule has 7 heteroatoms. The van der Waals surface area contributed by atoms with Crippen LogP contribution in [0.4, 0.5) is 5.69 Å². The van der Waals surface area contributed by atoms with Crippen LogP contribution in [0.25, 0.3) is 0 Å². The lowest BCUT2D eigenvalue weighted by Crippen LogP contribution is -2.21. The molecule has 1 unspecified atom stereocenters. The first-order chi connectivity index (χ1) is 8.45. The third-order valence-corrected chi connectivity index (χ3v) is 4.92. The lowest BCUT2D eigenvalue weighted by atomic mass is 10.3. The maximum Gasteiger partial charge on any atom is 0.287 e. The van der Waals surface area contributed by atoms with Crippen LogP contribution in [-0.4, -0.2) is 18.6 Å². The fraction of sp³-hybridized carbons (Fsp3) is 0.364. The summed E-state index contributed by atoms with van der Waals surface area (Å²) in [6.07, 6.45) is 0.0623. The second kappa shape index (κ2) is 5.60. The Balaban J connectivity index is 3.37. The van der Waals surface area contributed by atoms with Crippen LogP contribution in [0.5, 0.6) is 0 Å². The third kappa shape index (κ3) is 2.65. The maximum atomic E-state index is 12.2. The van der Waals surface area contributed by atoms with Gasteiger partial charge in [-0.25, -0.2) is 8.42 Å². The van der Waals surface area contributed by atoms with Gasteiger partial charge in [-0.05, 0) is 12.5 Å². The summed E-state index contributed by atoms with van der Waals surface area (Å²) in [5, 5.41) is 18.5. The van der Waals surface area contributed by atoms with Crippen LogP contribution in [0.15, 0.2) is 29.2 Å². The lowest BCUT2D eigenvalue weighted by Gasteiger charge is -2.12. The van der Waals surface area contributed by atoms with E-state index in [1.807, 2.05) is 0 Å². The quantitative estimate of drug-likeness (QED) is 0.600. The first-order valence-corrected chi connectivity index (χ1v) is 6.84. The number of nitro groups is 1. The van der Waals surface area contributed by atoms with Gasteiger partial charge in [-0.2, -0.15) is 5.26 Å². The molecule has 0 aliphatic carbocycles. The standard InChI is InChI=1S/C11H12N2O4S/c1-2-9(7-8-12)18(16,17)11-6-4-3-5-10(11)13(14)15/h3-6,9H,2,7H2,1H3. The van der Waals surface area contributed by atoms with Gasteiger partial charge in [0.05, 0.1) is 22.7 Å². The molecule has 0 saturated heterocycles. The van der Waals surface area contributed by atoms with E-state index < -0.39 is 25.7 Å². The molecule has 0 fully saturated rings. The summed E-state index contributed by atoms with van der Waals surface area (Å²) in [6.45, 7) is 1.63. The van der Waals surface area contributed by atoms with E-state index in [1.54, 1.807) is 13.0 Å². The zero-order valence-corrected chi connectivity index (χ0v) is 10.6. The first kappa shape index (κ1) is 14.1. The SMILES string of the molecule is CCC(CC#N)S(=O)(=O)c1ccccc1[N+](=O)[O-]. The smallest absolute Gasteiger partial charge is 0.258 e. The molecule has 1 aromatic rings. The minimum Gasteiger partial charge on any atom is -0.258 e. The topological polar surface area (TPSA) is 101 Å². The van der Waals surface area contributed by atoms with E-state index in [0.717, 1.165) is 6.07 Å². The van der Waals surface area contributed by atoms with E-state index in [-0.39, 0.29) is 17.7 Å². The molecule has 0 heterocycles. The molecule has 1 atom stereocenters. The van der Waals surface area contributed by atoms with Crippen molar-refractivity contribution in [3.05, 3.63) is 34.4 Å². The predicted molar refractivity (Wildman–Crippen MR) is 64.6 cm³/mol. The zero-order valence-electron chi connectivity index (χ0n) is 9.74. The summed E-state index contributed by atoms with van der Waals surface area (Å²) in [5.41, 5.74) is -0.450. The second-order valence-electron chi connectivity index (χ2n) is 3.66. The van der Waals surface area contributed by atoms with Crippen LogP contribution in [0.2, 0.25) is 0 Å². The fourth-order valence-corrected chi connectivity index (χ4v) is 3.40. The number of benzene rings is 1. The summed E-state index contributed by atoms with van der Waals surface area (Å²) in [7, 11) is -3.85. The van der Waals surface area contributed by atoms with Crippen molar-refractivity contribution in [3.8, 4) is 6.07 Å². The molecule has 0 aliphatic rings. The van der Waals surface area contributed by atoms with Gasteiger partial charge in [0.1, 0.15) is 4.90 Å². The molecule has 96 valence electrons. The van der Waals surface area contributed by atoms with Gasteiger partial charge in [0.2, 0.25) is 0 Å². The Kier molecular flexibility index (Phi) is 4.39. The minimum absolute atomic E-state index is 0.176. The predicted octanol–water partition coefficient (Wildman–Crippen LogP) is 2.06. The molecular formula is C11H12N2O4S. The molecule has 1 aromatic carbocycles. The van der Waals surface area contributed by atoms with Crippen LogP contribution in [0.3, 0.4) is 0 Å². The summed E-state index contributed by atoms with van der Waals surface area (Å²) >= 11 is 0. The van der Waals surface area contributed by atoms with E-state index in [4.69, 9.17) is 5.26 Å². The highest BCUT2D eigenvalue weighted by Crippen LogP contribution is 2.28. The number of nitriles is 1. The van der Waals surface area contributed by atoms with E-state index >= 15 is 0 Å². The lowest BCUT2D eigenvalue weighted by molar-refractivity contribution is -0.387. The number of hydrogen-bond donors (Lipinski definition) is 0. The van der Waals surface area contributed by atoms with Crippen LogP contribution in [0.1, 0.15) is 19.8 Å². The molecule has 0 spiro atoms. The molecular weight excluding hydrogens is 256 g/mol. The van der Waals surface area contributed by atoms with Gasteiger partial charge in [-0.3, -0.25) is 10.1 Å². The van der Waals surface area contributed by atoms with Crippen molar-refractivity contribution in [3.63, 3.8) is 0 Å². The summed E-state index contributed by atoms with van der Waals surface area (Å²) in [6, 6.07) is 6.98. The number of nitro benzene ring substituents is 1. The number of rotatable bonds is 5. The first-order valence-electron chi connectivity index (χ1n) is 5.29. The fourth-order valence-electron chi connectivity index (χ4n) is 1.60. The van der Waals surface area contributed by atoms with Gasteiger partial charge in [-0.1, -0.05) is 19.1 Å². The molecule has 18 heavy (non-hydrogen) atoms. The monoisotopic (exact) mass is 268 g/mol. The third-order valence-electron chi connectivity index (χ3n) is 2.58. The molecule has 0 radical (unpaired) electrons. The minimum atomic E-state index is -3.85. The molecule has 0 amide bonds. The van der Waals surface area contributed by atoms with Crippen molar-refractivity contribution in [1.29, 1.82) is 5.26 Å². The van der Waals surface area contributed by atoms with E-state index in [2.05, 4.69) is 0 Å². The highest BCUT2D eigenvalue weighted by molar-refractivity contribution is 7.92. The van der Waals surface area contributed by atoms with Crippen molar-refractivity contribution in [1.82, 2.24) is 0 Å². The number of para-hydroxylation sites is 1. The normalized spacial score (nSPS) is 12.7. The van der Waals surface area contributed by atoms with Gasteiger partial charge in [0.15, 0.2) is 9.84 Å². The molecule has 1 rings (SSSR count). The van der Waals surface area contributed by atoms with Crippen molar-refractivity contribution in [2.45, 2.75) is 29.9 Å². The van der Waals surface area contributed by atoms with Gasteiger partial charge in [-0.15, -0.1) is 0 Å². The van der Waals surface area contributed by atoms with E-state index in [0.29, 0.717) is 0 Å². The van der Waals surface area contributed by atoms with Crippen LogP contribution in [-0.2, 0) is 9.84 Å². The van der Waals surface area contributed by atoms with Crippen molar-refractivity contribution >= 4 is 15.5 Å². The van der Waals surface area contributed by atoms with Gasteiger partial charge >= 0.3 is 0 Å². The molecule has 0 aliphatic heterocycles. The molecule has 0 bridgehead atoms. The number of nitrogens with zero attached hydrogens (tertiary/aromatic N) is 2. The van der Waals surface area contributed by atoms with Gasteiger partial charge in [0.25, 0.3) is 5.69 Å². The van der Waals surface area contributed by atoms with Crippen molar-refractivity contribution < 1.29 is 13.3 Å². The summed E-state index contributed by atoms with van der Waals surface area (Å²) in [4.78, 5) is 9.76. The molecule has 6 nitrogen and oxygen atoms in total. The Morgan fingerprint density at radius 3 is 2.56 bits per heavy atom. The van der Waals surface area contributed by atoms with E-state index in [1.165, 1.54) is 18.2 Å². The highest BCUT2D eigenvalue weighted by atomic mass is 32.2. The molecule has 0 aromatic heterocycles. The van der Waals surface area contributed by atoms with Crippen molar-refractivity contribution in [2.24, 2.45) is 0 Å². The molecule has 0 N–H and O–H groups in total. The zero-order chi connectivity index (χ0) is 13.8. The second-order valence-corrected chi connectivity index (χ2v) is 5.86. The Morgan fingerprint density at radius 1 is 1.44 bits per heavy atom. The highest BCUT2D eigenvalue weighted by Gasteiger charge is 2.31. The maximum absolute atomic E-state index is 12.2. The van der Waals surface area contributed by atoms with Crippen LogP contribution < -0.4 is 0 Å². The van der Waals surface area contributed by atoms with Gasteiger partial charge in [0, 0.05) is 6.07 Å².